The predicted molar refractivity (Wildman–Crippen MR) is 175 cm³/mol. The van der Waals surface area contributed by atoms with Crippen LogP contribution in [0, 0.1) is 12.7 Å². The second-order valence-corrected chi connectivity index (χ2v) is 13.7. The zero-order valence-corrected chi connectivity index (χ0v) is 29.0. The van der Waals surface area contributed by atoms with Gasteiger partial charge in [-0.05, 0) is 94.2 Å². The largest absolute Gasteiger partial charge is 0.476 e. The number of carbonyl (C=O) groups excluding carboxylic acids is 2. The van der Waals surface area contributed by atoms with Crippen LogP contribution in [0.3, 0.4) is 0 Å². The molecule has 3 fully saturated rings. The molecule has 0 aliphatic carbocycles. The Bertz CT molecular complexity index is 1590. The van der Waals surface area contributed by atoms with Crippen molar-refractivity contribution in [2.45, 2.75) is 85.0 Å². The van der Waals surface area contributed by atoms with Crippen molar-refractivity contribution < 1.29 is 28.2 Å². The summed E-state index contributed by atoms with van der Waals surface area (Å²) in [6.45, 7) is 14.9. The number of halogens is 2. The lowest BCUT2D eigenvalue weighted by molar-refractivity contribution is 0.0289. The molecule has 2 aromatic heterocycles. The zero-order valence-electron chi connectivity index (χ0n) is 27.4. The standard InChI is InChI=1S/C31H39BrFN5O5.C2H6/c1-18-13-22-26(25(33)24(18)32)34-28(42-17-20-7-6-9-35(20)5)23-14-21(16-37-11-12-41-29(37)39)38(27(22)23)19-8-10-36(15-19)30(40)43-31(2,3)4;1-2/h13-14,19-20H,6-12,15-17H2,1-5H3;1-2H3. The lowest BCUT2D eigenvalue weighted by atomic mass is 10.1. The Morgan fingerprint density at radius 2 is 1.91 bits per heavy atom. The Kier molecular flexibility index (Phi) is 9.84. The number of likely N-dealkylation sites (tertiary alicyclic amines) is 2. The topological polar surface area (TPSA) is 89.4 Å². The number of ether oxygens (including phenoxy) is 3. The van der Waals surface area contributed by atoms with Crippen molar-refractivity contribution in [2.75, 3.05) is 46.4 Å². The first-order chi connectivity index (χ1) is 21.4. The predicted octanol–water partition coefficient (Wildman–Crippen LogP) is 7.03. The Labute approximate surface area is 272 Å². The van der Waals surface area contributed by atoms with Crippen LogP contribution in [-0.4, -0.2) is 94.5 Å². The van der Waals surface area contributed by atoms with Crippen molar-refractivity contribution >= 4 is 49.9 Å². The van der Waals surface area contributed by atoms with E-state index < -0.39 is 11.4 Å². The van der Waals surface area contributed by atoms with E-state index in [1.54, 1.807) is 9.80 Å². The lowest BCUT2D eigenvalue weighted by Gasteiger charge is -2.25. The highest BCUT2D eigenvalue weighted by Gasteiger charge is 2.35. The van der Waals surface area contributed by atoms with E-state index in [4.69, 9.17) is 19.2 Å². The van der Waals surface area contributed by atoms with E-state index in [0.29, 0.717) is 61.6 Å². The normalized spacial score (nSPS) is 20.6. The third kappa shape index (κ3) is 6.72. The van der Waals surface area contributed by atoms with Crippen molar-refractivity contribution in [1.82, 2.24) is 24.3 Å². The molecule has 3 saturated heterocycles. The molecule has 1 aromatic carbocycles. The summed E-state index contributed by atoms with van der Waals surface area (Å²) in [5.41, 5.74) is 1.98. The number of cyclic esters (lactones) is 1. The van der Waals surface area contributed by atoms with Crippen LogP contribution < -0.4 is 4.74 Å². The Hall–Kier alpha value is -3.12. The van der Waals surface area contributed by atoms with Gasteiger partial charge in [-0.15, -0.1) is 0 Å². The van der Waals surface area contributed by atoms with Gasteiger partial charge in [0.25, 0.3) is 0 Å². The molecule has 0 spiro atoms. The van der Waals surface area contributed by atoms with E-state index in [2.05, 4.69) is 32.4 Å². The number of fused-ring (bicyclic) bond motifs is 3. The number of hydrogen-bond donors (Lipinski definition) is 0. The highest BCUT2D eigenvalue weighted by atomic mass is 79.9. The zero-order chi connectivity index (χ0) is 32.6. The molecule has 0 N–H and O–H groups in total. The molecule has 6 rings (SSSR count). The molecule has 0 saturated carbocycles. The van der Waals surface area contributed by atoms with Crippen LogP contribution in [0.25, 0.3) is 21.8 Å². The average molecular weight is 691 g/mol. The van der Waals surface area contributed by atoms with Gasteiger partial charge in [0.1, 0.15) is 24.3 Å². The van der Waals surface area contributed by atoms with Crippen molar-refractivity contribution in [3.8, 4) is 5.88 Å². The Balaban J connectivity index is 0.00000196. The second-order valence-electron chi connectivity index (χ2n) is 12.9. The molecule has 5 heterocycles. The number of nitrogens with zero attached hydrogens (tertiary/aromatic N) is 5. The number of amides is 2. The molecule has 0 bridgehead atoms. The Morgan fingerprint density at radius 3 is 2.56 bits per heavy atom. The van der Waals surface area contributed by atoms with Gasteiger partial charge in [-0.25, -0.2) is 19.0 Å². The van der Waals surface area contributed by atoms with Gasteiger partial charge < -0.3 is 28.6 Å². The van der Waals surface area contributed by atoms with Crippen molar-refractivity contribution in [1.29, 1.82) is 0 Å². The molecule has 0 radical (unpaired) electrons. The average Bonchev–Trinajstić information content (AvgIpc) is 3.79. The van der Waals surface area contributed by atoms with Gasteiger partial charge in [0, 0.05) is 30.2 Å². The van der Waals surface area contributed by atoms with E-state index in [-0.39, 0.29) is 29.8 Å². The van der Waals surface area contributed by atoms with Gasteiger partial charge in [0.2, 0.25) is 5.88 Å². The molecule has 10 nitrogen and oxygen atoms in total. The molecule has 2 atom stereocenters. The highest BCUT2D eigenvalue weighted by molar-refractivity contribution is 9.10. The quantitative estimate of drug-likeness (QED) is 0.275. The van der Waals surface area contributed by atoms with Gasteiger partial charge in [0.05, 0.1) is 34.5 Å². The van der Waals surface area contributed by atoms with Gasteiger partial charge >= 0.3 is 12.2 Å². The lowest BCUT2D eigenvalue weighted by Crippen LogP contribution is -2.35. The number of aryl methyl sites for hydroxylation is 1. The monoisotopic (exact) mass is 689 g/mol. The summed E-state index contributed by atoms with van der Waals surface area (Å²) in [4.78, 5) is 35.9. The second kappa shape index (κ2) is 13.3. The summed E-state index contributed by atoms with van der Waals surface area (Å²) in [5, 5.41) is 1.41. The molecular weight excluding hydrogens is 645 g/mol. The number of rotatable bonds is 6. The highest BCUT2D eigenvalue weighted by Crippen LogP contribution is 2.41. The summed E-state index contributed by atoms with van der Waals surface area (Å²) >= 11 is 3.41. The first-order valence-corrected chi connectivity index (χ1v) is 16.8. The summed E-state index contributed by atoms with van der Waals surface area (Å²) in [6.07, 6.45) is 2.07. The molecular formula is C33H45BrFN5O5. The fourth-order valence-electron chi connectivity index (χ4n) is 6.43. The van der Waals surface area contributed by atoms with Gasteiger partial charge in [-0.1, -0.05) is 13.8 Å². The minimum atomic E-state index is -0.611. The van der Waals surface area contributed by atoms with Crippen molar-refractivity contribution in [3.63, 3.8) is 0 Å². The number of aromatic nitrogens is 2. The summed E-state index contributed by atoms with van der Waals surface area (Å²) in [5.74, 6) is -0.0811. The van der Waals surface area contributed by atoms with Crippen LogP contribution in [0.2, 0.25) is 0 Å². The first-order valence-electron chi connectivity index (χ1n) is 16.0. The van der Waals surface area contributed by atoms with Crippen LogP contribution in [-0.2, 0) is 16.0 Å². The molecule has 45 heavy (non-hydrogen) atoms. The smallest absolute Gasteiger partial charge is 0.410 e. The van der Waals surface area contributed by atoms with Crippen LogP contribution >= 0.6 is 15.9 Å². The number of hydrogen-bond acceptors (Lipinski definition) is 7. The van der Waals surface area contributed by atoms with Crippen molar-refractivity contribution in [3.05, 3.63) is 33.7 Å². The third-order valence-electron chi connectivity index (χ3n) is 8.64. The molecule has 3 aliphatic rings. The first kappa shape index (κ1) is 33.2. The number of carbonyl (C=O) groups is 2. The minimum absolute atomic E-state index is 0.134. The van der Waals surface area contributed by atoms with E-state index in [1.807, 2.05) is 53.7 Å². The van der Waals surface area contributed by atoms with E-state index in [0.717, 1.165) is 41.5 Å². The number of likely N-dealkylation sites (N-methyl/N-ethyl adjacent to an activating group) is 1. The van der Waals surface area contributed by atoms with E-state index in [9.17, 15) is 9.59 Å². The van der Waals surface area contributed by atoms with Crippen LogP contribution in [0.1, 0.15) is 71.2 Å². The maximum absolute atomic E-state index is 15.9. The molecule has 3 aromatic rings. The number of pyridine rings is 1. The van der Waals surface area contributed by atoms with Crippen molar-refractivity contribution in [2.24, 2.45) is 0 Å². The van der Waals surface area contributed by atoms with Gasteiger partial charge in [0.15, 0.2) is 5.82 Å². The fraction of sp³-hybridized carbons (Fsp3) is 0.606. The molecule has 2 amide bonds. The third-order valence-corrected chi connectivity index (χ3v) is 9.61. The van der Waals surface area contributed by atoms with E-state index in [1.165, 1.54) is 0 Å². The van der Waals surface area contributed by atoms with E-state index >= 15 is 4.39 Å². The van der Waals surface area contributed by atoms with Crippen LogP contribution in [0.4, 0.5) is 14.0 Å². The SMILES string of the molecule is CC.Cc1cc2c(nc(OCC3CCCN3C)c3cc(CN4CCOC4=O)n(C4CCN(C(=O)OC(C)(C)C)C4)c32)c(F)c1Br. The molecule has 12 heteroatoms. The van der Waals surface area contributed by atoms with Crippen LogP contribution in [0.15, 0.2) is 16.6 Å². The fourth-order valence-corrected chi connectivity index (χ4v) is 6.74. The van der Waals surface area contributed by atoms with Gasteiger partial charge in [-0.3, -0.25) is 4.90 Å². The van der Waals surface area contributed by atoms with Gasteiger partial charge in [-0.2, -0.15) is 0 Å². The summed E-state index contributed by atoms with van der Waals surface area (Å²) in [7, 11) is 2.09. The Morgan fingerprint density at radius 1 is 1.16 bits per heavy atom. The minimum Gasteiger partial charge on any atom is -0.476 e. The summed E-state index contributed by atoms with van der Waals surface area (Å²) < 4.78 is 35.7. The number of benzene rings is 1. The molecule has 2 unspecified atom stereocenters. The maximum Gasteiger partial charge on any atom is 0.410 e. The molecule has 3 aliphatic heterocycles. The van der Waals surface area contributed by atoms with Crippen LogP contribution in [0.5, 0.6) is 5.88 Å². The molecule has 246 valence electrons. The maximum atomic E-state index is 15.9. The summed E-state index contributed by atoms with van der Waals surface area (Å²) in [6, 6.07) is 4.06.